The number of hydrogen-bond acceptors (Lipinski definition) is 0. The molecule has 0 aliphatic carbocycles. The van der Waals surface area contributed by atoms with Crippen LogP contribution >= 0.6 is 0 Å². The van der Waals surface area contributed by atoms with Crippen LogP contribution in [0.25, 0.3) is 27.5 Å². The maximum Gasteiger partial charge on any atom is 0.0544 e. The van der Waals surface area contributed by atoms with E-state index in [9.17, 15) is 0 Å². The first-order chi connectivity index (χ1) is 15.6. The molecule has 3 aromatic carbocycles. The van der Waals surface area contributed by atoms with Gasteiger partial charge in [-0.2, -0.15) is 0 Å². The molecule has 180 valence electrons. The fourth-order valence-corrected chi connectivity index (χ4v) is 5.22. The Bertz CT molecular complexity index is 1290. The molecule has 0 aliphatic rings. The van der Waals surface area contributed by atoms with Crippen LogP contribution in [0.4, 0.5) is 0 Å². The number of rotatable bonds is 2. The molecule has 0 aliphatic heterocycles. The third kappa shape index (κ3) is 4.19. The fourth-order valence-electron chi connectivity index (χ4n) is 5.22. The number of aromatic nitrogens is 1. The second kappa shape index (κ2) is 8.01. The Hall–Kier alpha value is -2.54. The zero-order chi connectivity index (χ0) is 25.2. The van der Waals surface area contributed by atoms with E-state index >= 15 is 0 Å². The highest BCUT2D eigenvalue weighted by Crippen LogP contribution is 2.41. The molecule has 1 aromatic heterocycles. The van der Waals surface area contributed by atoms with Gasteiger partial charge in [0, 0.05) is 16.5 Å². The third-order valence-electron chi connectivity index (χ3n) is 7.21. The minimum absolute atomic E-state index is 0.0848. The van der Waals surface area contributed by atoms with E-state index in [4.69, 9.17) is 0 Å². The van der Waals surface area contributed by atoms with E-state index in [-0.39, 0.29) is 16.2 Å². The standard InChI is InChI=1S/C33H43N/c1-21(2)30-26(33(9,10)11)13-12-14-27(30)34-28-19-22(31(3,4)5)15-17-24(28)25-18-16-23(20-29(25)34)32(6,7)8/h12-21H,1-11H3. The average molecular weight is 454 g/mol. The molecule has 4 aromatic rings. The van der Waals surface area contributed by atoms with Gasteiger partial charge in [-0.1, -0.05) is 113 Å². The average Bonchev–Trinajstić information content (AvgIpc) is 3.04. The number of hydrogen-bond donors (Lipinski definition) is 0. The summed E-state index contributed by atoms with van der Waals surface area (Å²) in [6, 6.07) is 21.1. The fraction of sp³-hybridized carbons (Fsp3) is 0.455. The second-order valence-corrected chi connectivity index (χ2v) is 13.4. The van der Waals surface area contributed by atoms with Crippen molar-refractivity contribution < 1.29 is 0 Å². The van der Waals surface area contributed by atoms with Crippen molar-refractivity contribution in [2.45, 2.75) is 98.3 Å². The van der Waals surface area contributed by atoms with E-state index in [0.29, 0.717) is 5.92 Å². The van der Waals surface area contributed by atoms with Crippen LogP contribution in [0.2, 0.25) is 0 Å². The van der Waals surface area contributed by atoms with Crippen molar-refractivity contribution in [3.05, 3.63) is 76.9 Å². The Labute approximate surface area is 207 Å². The van der Waals surface area contributed by atoms with Gasteiger partial charge in [0.05, 0.1) is 11.0 Å². The number of fused-ring (bicyclic) bond motifs is 3. The van der Waals surface area contributed by atoms with E-state index in [1.54, 1.807) is 0 Å². The monoisotopic (exact) mass is 453 g/mol. The maximum atomic E-state index is 2.56. The predicted molar refractivity (Wildman–Crippen MR) is 151 cm³/mol. The molecule has 34 heavy (non-hydrogen) atoms. The van der Waals surface area contributed by atoms with E-state index in [0.717, 1.165) is 0 Å². The zero-order valence-electron chi connectivity index (χ0n) is 23.2. The first-order valence-corrected chi connectivity index (χ1v) is 12.8. The Balaban J connectivity index is 2.22. The molecular formula is C33H43N. The summed E-state index contributed by atoms with van der Waals surface area (Å²) >= 11 is 0. The first kappa shape index (κ1) is 24.6. The van der Waals surface area contributed by atoms with Gasteiger partial charge in [0.25, 0.3) is 0 Å². The van der Waals surface area contributed by atoms with E-state index in [1.165, 1.54) is 49.7 Å². The van der Waals surface area contributed by atoms with Crippen LogP contribution in [-0.4, -0.2) is 4.57 Å². The van der Waals surface area contributed by atoms with Crippen molar-refractivity contribution in [2.75, 3.05) is 0 Å². The summed E-state index contributed by atoms with van der Waals surface area (Å²) in [5.74, 6) is 0.425. The molecule has 4 rings (SSSR count). The number of benzene rings is 3. The van der Waals surface area contributed by atoms with Gasteiger partial charge in [0.2, 0.25) is 0 Å². The van der Waals surface area contributed by atoms with Crippen LogP contribution in [0, 0.1) is 0 Å². The van der Waals surface area contributed by atoms with Crippen molar-refractivity contribution in [1.29, 1.82) is 0 Å². The van der Waals surface area contributed by atoms with Gasteiger partial charge >= 0.3 is 0 Å². The third-order valence-corrected chi connectivity index (χ3v) is 7.21. The van der Waals surface area contributed by atoms with E-state index in [2.05, 4.69) is 135 Å². The minimum atomic E-state index is 0.0848. The summed E-state index contributed by atoms with van der Waals surface area (Å²) < 4.78 is 2.56. The molecular weight excluding hydrogens is 410 g/mol. The molecule has 0 spiro atoms. The molecule has 0 amide bonds. The summed E-state index contributed by atoms with van der Waals surface area (Å²) in [6.07, 6.45) is 0. The van der Waals surface area contributed by atoms with Crippen LogP contribution in [0.15, 0.2) is 54.6 Å². The zero-order valence-corrected chi connectivity index (χ0v) is 23.2. The van der Waals surface area contributed by atoms with Crippen molar-refractivity contribution in [1.82, 2.24) is 4.57 Å². The summed E-state index contributed by atoms with van der Waals surface area (Å²) in [4.78, 5) is 0. The van der Waals surface area contributed by atoms with Gasteiger partial charge in [-0.3, -0.25) is 0 Å². The molecule has 0 saturated heterocycles. The smallest absolute Gasteiger partial charge is 0.0544 e. The van der Waals surface area contributed by atoms with Gasteiger partial charge in [0.15, 0.2) is 0 Å². The largest absolute Gasteiger partial charge is 0.309 e. The molecule has 0 unspecified atom stereocenters. The van der Waals surface area contributed by atoms with Crippen LogP contribution in [0.5, 0.6) is 0 Å². The van der Waals surface area contributed by atoms with Crippen LogP contribution in [0.1, 0.15) is 104 Å². The van der Waals surface area contributed by atoms with Crippen LogP contribution < -0.4 is 0 Å². The van der Waals surface area contributed by atoms with Crippen molar-refractivity contribution >= 4 is 21.8 Å². The summed E-state index contributed by atoms with van der Waals surface area (Å²) in [5.41, 5.74) is 9.85. The quantitative estimate of drug-likeness (QED) is 0.284. The molecule has 0 atom stereocenters. The molecule has 1 heterocycles. The van der Waals surface area contributed by atoms with Gasteiger partial charge in [-0.05, 0) is 62.6 Å². The van der Waals surface area contributed by atoms with Gasteiger partial charge in [-0.15, -0.1) is 0 Å². The molecule has 0 radical (unpaired) electrons. The SMILES string of the molecule is CC(C)c1c(-n2c3cc(C(C)(C)C)ccc3c3ccc(C(C)(C)C)cc32)cccc1C(C)(C)C. The summed E-state index contributed by atoms with van der Waals surface area (Å²) in [7, 11) is 0. The summed E-state index contributed by atoms with van der Waals surface area (Å²) in [6.45, 7) is 25.5. The van der Waals surface area contributed by atoms with Gasteiger partial charge in [-0.25, -0.2) is 0 Å². The topological polar surface area (TPSA) is 4.93 Å². The lowest BCUT2D eigenvalue weighted by molar-refractivity contribution is 0.576. The highest BCUT2D eigenvalue weighted by molar-refractivity contribution is 6.09. The predicted octanol–water partition coefficient (Wildman–Crippen LogP) is 9.80. The Kier molecular flexibility index (Phi) is 5.79. The van der Waals surface area contributed by atoms with Gasteiger partial charge in [0.1, 0.15) is 0 Å². The van der Waals surface area contributed by atoms with Gasteiger partial charge < -0.3 is 4.57 Å². The molecule has 0 saturated carbocycles. The van der Waals surface area contributed by atoms with Crippen molar-refractivity contribution in [3.63, 3.8) is 0 Å². The number of nitrogens with zero attached hydrogens (tertiary/aromatic N) is 1. The lowest BCUT2D eigenvalue weighted by Crippen LogP contribution is -2.17. The molecule has 1 heteroatoms. The van der Waals surface area contributed by atoms with E-state index in [1.807, 2.05) is 0 Å². The first-order valence-electron chi connectivity index (χ1n) is 12.8. The van der Waals surface area contributed by atoms with Crippen molar-refractivity contribution in [2.24, 2.45) is 0 Å². The molecule has 0 fully saturated rings. The highest BCUT2D eigenvalue weighted by atomic mass is 15.0. The molecule has 1 nitrogen and oxygen atoms in total. The van der Waals surface area contributed by atoms with Crippen molar-refractivity contribution in [3.8, 4) is 5.69 Å². The second-order valence-electron chi connectivity index (χ2n) is 13.4. The minimum Gasteiger partial charge on any atom is -0.309 e. The summed E-state index contributed by atoms with van der Waals surface area (Å²) in [5, 5.41) is 2.67. The highest BCUT2D eigenvalue weighted by Gasteiger charge is 2.26. The Morgan fingerprint density at radius 1 is 0.588 bits per heavy atom. The van der Waals surface area contributed by atoms with E-state index < -0.39 is 0 Å². The molecule has 0 N–H and O–H groups in total. The lowest BCUT2D eigenvalue weighted by Gasteiger charge is -2.28. The van der Waals surface area contributed by atoms with Crippen LogP contribution in [-0.2, 0) is 16.2 Å². The molecule has 0 bridgehead atoms. The normalized spacial score (nSPS) is 13.4. The maximum absolute atomic E-state index is 2.56. The Morgan fingerprint density at radius 3 is 1.44 bits per heavy atom. The Morgan fingerprint density at radius 2 is 1.06 bits per heavy atom. The lowest BCUT2D eigenvalue weighted by atomic mass is 9.80. The van der Waals surface area contributed by atoms with Crippen LogP contribution in [0.3, 0.4) is 0 Å².